The molecule has 0 radical (unpaired) electrons. The molecular formula is C16H18ClN5O2S. The van der Waals surface area contributed by atoms with Gasteiger partial charge in [-0.2, -0.15) is 0 Å². The van der Waals surface area contributed by atoms with Crippen LogP contribution in [0.4, 0.5) is 0 Å². The van der Waals surface area contributed by atoms with E-state index in [2.05, 4.69) is 27.8 Å². The number of thiol groups is 1. The van der Waals surface area contributed by atoms with Gasteiger partial charge in [0.25, 0.3) is 0 Å². The Kier molecular flexibility index (Phi) is 3.84. The second-order valence-electron chi connectivity index (χ2n) is 6.37. The summed E-state index contributed by atoms with van der Waals surface area (Å²) >= 11 is 10.8. The van der Waals surface area contributed by atoms with Crippen LogP contribution in [-0.4, -0.2) is 44.2 Å². The zero-order valence-electron chi connectivity index (χ0n) is 14.1. The first-order valence-electron chi connectivity index (χ1n) is 7.76. The van der Waals surface area contributed by atoms with Crippen LogP contribution in [0.2, 0.25) is 5.02 Å². The van der Waals surface area contributed by atoms with Gasteiger partial charge in [-0.1, -0.05) is 11.6 Å². The van der Waals surface area contributed by atoms with Gasteiger partial charge in [0.15, 0.2) is 16.6 Å². The molecular weight excluding hydrogens is 362 g/mol. The minimum atomic E-state index is -0.654. The van der Waals surface area contributed by atoms with E-state index in [1.165, 1.54) is 0 Å². The Labute approximate surface area is 155 Å². The maximum Gasteiger partial charge on any atom is 0.187 e. The Morgan fingerprint density at radius 1 is 1.24 bits per heavy atom. The average Bonchev–Trinajstić information content (AvgIpc) is 3.17. The molecule has 3 aromatic rings. The third-order valence-electron chi connectivity index (χ3n) is 5.16. The predicted octanol–water partition coefficient (Wildman–Crippen LogP) is 2.47. The summed E-state index contributed by atoms with van der Waals surface area (Å²) in [4.78, 5) is 4.28. The fraction of sp³-hybridized carbons (Fsp3) is 0.438. The SMILES string of the molecule is COC1(OC)CC(c2cc(Cl)c3nccn3c2)(c2nnc(S)n2C)C1. The summed E-state index contributed by atoms with van der Waals surface area (Å²) in [5.41, 5.74) is 1.30. The first-order chi connectivity index (χ1) is 11.9. The van der Waals surface area contributed by atoms with Gasteiger partial charge in [0.1, 0.15) is 5.82 Å². The van der Waals surface area contributed by atoms with Crippen LogP contribution in [0.1, 0.15) is 24.2 Å². The maximum atomic E-state index is 6.46. The van der Waals surface area contributed by atoms with E-state index in [1.807, 2.05) is 34.5 Å². The molecule has 4 rings (SSSR count). The van der Waals surface area contributed by atoms with Crippen molar-refractivity contribution in [2.24, 2.45) is 7.05 Å². The first kappa shape index (κ1) is 16.8. The summed E-state index contributed by atoms with van der Waals surface area (Å²) in [5, 5.41) is 9.62. The third-order valence-corrected chi connectivity index (χ3v) is 5.83. The van der Waals surface area contributed by atoms with Crippen LogP contribution in [0.3, 0.4) is 0 Å². The number of imidazole rings is 1. The zero-order valence-corrected chi connectivity index (χ0v) is 15.8. The number of methoxy groups -OCH3 is 2. The molecule has 3 aromatic heterocycles. The lowest BCUT2D eigenvalue weighted by atomic mass is 9.60. The molecule has 3 heterocycles. The lowest BCUT2D eigenvalue weighted by molar-refractivity contribution is -0.273. The minimum Gasteiger partial charge on any atom is -0.353 e. The van der Waals surface area contributed by atoms with Crippen LogP contribution < -0.4 is 0 Å². The van der Waals surface area contributed by atoms with Crippen LogP contribution >= 0.6 is 24.2 Å². The van der Waals surface area contributed by atoms with E-state index in [-0.39, 0.29) is 0 Å². The van der Waals surface area contributed by atoms with E-state index in [4.69, 9.17) is 21.1 Å². The molecule has 0 N–H and O–H groups in total. The highest BCUT2D eigenvalue weighted by atomic mass is 35.5. The van der Waals surface area contributed by atoms with Crippen LogP contribution in [0, 0.1) is 0 Å². The monoisotopic (exact) mass is 379 g/mol. The van der Waals surface area contributed by atoms with Gasteiger partial charge in [0.05, 0.1) is 10.4 Å². The van der Waals surface area contributed by atoms with Gasteiger partial charge in [-0.3, -0.25) is 0 Å². The molecule has 25 heavy (non-hydrogen) atoms. The van der Waals surface area contributed by atoms with Crippen molar-refractivity contribution in [3.8, 4) is 0 Å². The average molecular weight is 380 g/mol. The summed E-state index contributed by atoms with van der Waals surface area (Å²) in [6, 6.07) is 1.94. The number of aromatic nitrogens is 5. The molecule has 7 nitrogen and oxygen atoms in total. The Bertz CT molecular complexity index is 941. The predicted molar refractivity (Wildman–Crippen MR) is 95.2 cm³/mol. The third kappa shape index (κ3) is 2.32. The van der Waals surface area contributed by atoms with Crippen LogP contribution in [0.15, 0.2) is 29.8 Å². The van der Waals surface area contributed by atoms with E-state index in [0.717, 1.165) is 17.0 Å². The molecule has 0 atom stereocenters. The molecule has 132 valence electrons. The van der Waals surface area contributed by atoms with Crippen molar-refractivity contribution in [2.75, 3.05) is 14.2 Å². The normalized spacial score (nSPS) is 18.4. The number of rotatable bonds is 4. The minimum absolute atomic E-state index is 0.434. The van der Waals surface area contributed by atoms with E-state index in [9.17, 15) is 0 Å². The number of hydrogen-bond donors (Lipinski definition) is 1. The first-order valence-corrected chi connectivity index (χ1v) is 8.59. The molecule has 0 bridgehead atoms. The highest BCUT2D eigenvalue weighted by Crippen LogP contribution is 2.56. The smallest absolute Gasteiger partial charge is 0.187 e. The Balaban J connectivity index is 1.90. The topological polar surface area (TPSA) is 66.5 Å². The highest BCUT2D eigenvalue weighted by Gasteiger charge is 2.60. The van der Waals surface area contributed by atoms with Crippen LogP contribution in [0.25, 0.3) is 5.65 Å². The Hall–Kier alpha value is -1.61. The summed E-state index contributed by atoms with van der Waals surface area (Å²) < 4.78 is 15.0. The number of hydrogen-bond acceptors (Lipinski definition) is 6. The Morgan fingerprint density at radius 2 is 1.96 bits per heavy atom. The largest absolute Gasteiger partial charge is 0.353 e. The number of ether oxygens (including phenoxy) is 2. The maximum absolute atomic E-state index is 6.46. The summed E-state index contributed by atoms with van der Waals surface area (Å²) in [7, 11) is 5.21. The molecule has 1 aliphatic carbocycles. The zero-order chi connectivity index (χ0) is 17.8. The number of nitrogens with zero attached hydrogens (tertiary/aromatic N) is 5. The number of pyridine rings is 1. The molecule has 0 saturated heterocycles. The number of halogens is 1. The van der Waals surface area contributed by atoms with Crippen molar-refractivity contribution >= 4 is 29.9 Å². The van der Waals surface area contributed by atoms with Gasteiger partial charge in [-0.05, 0) is 11.6 Å². The van der Waals surface area contributed by atoms with Gasteiger partial charge < -0.3 is 18.4 Å². The lowest BCUT2D eigenvalue weighted by Crippen LogP contribution is -2.58. The molecule has 9 heteroatoms. The summed E-state index contributed by atoms with van der Waals surface area (Å²) in [6.07, 6.45) is 6.82. The van der Waals surface area contributed by atoms with Crippen molar-refractivity contribution in [3.05, 3.63) is 41.1 Å². The van der Waals surface area contributed by atoms with Gasteiger partial charge in [0.2, 0.25) is 0 Å². The van der Waals surface area contributed by atoms with Gasteiger partial charge in [0, 0.05) is 52.7 Å². The van der Waals surface area contributed by atoms with Crippen molar-refractivity contribution in [3.63, 3.8) is 0 Å². The van der Waals surface area contributed by atoms with Crippen molar-refractivity contribution in [1.82, 2.24) is 24.1 Å². The summed E-state index contributed by atoms with van der Waals surface area (Å²) in [6.45, 7) is 0. The molecule has 0 amide bonds. The second-order valence-corrected chi connectivity index (χ2v) is 7.18. The quantitative estimate of drug-likeness (QED) is 0.557. The molecule has 0 aromatic carbocycles. The molecule has 0 unspecified atom stereocenters. The molecule has 1 aliphatic rings. The molecule has 1 saturated carbocycles. The van der Waals surface area contributed by atoms with Crippen molar-refractivity contribution in [2.45, 2.75) is 29.2 Å². The van der Waals surface area contributed by atoms with E-state index < -0.39 is 11.2 Å². The molecule has 0 aliphatic heterocycles. The van der Waals surface area contributed by atoms with Gasteiger partial charge in [-0.15, -0.1) is 22.8 Å². The van der Waals surface area contributed by atoms with Crippen molar-refractivity contribution < 1.29 is 9.47 Å². The molecule has 0 spiro atoms. The summed E-state index contributed by atoms with van der Waals surface area (Å²) in [5.74, 6) is 0.150. The second kappa shape index (κ2) is 5.70. The van der Waals surface area contributed by atoms with Crippen LogP contribution in [0.5, 0.6) is 0 Å². The standard InChI is InChI=1S/C16H18ClN5O2S/c1-21-13(19-20-14(21)25)15(8-16(9-15,23-2)24-3)10-6-11(17)12-18-4-5-22(12)7-10/h4-7H,8-9H2,1-3H3,(H,20,25). The Morgan fingerprint density at radius 3 is 2.56 bits per heavy atom. The fourth-order valence-electron chi connectivity index (χ4n) is 3.72. The van der Waals surface area contributed by atoms with Crippen molar-refractivity contribution in [1.29, 1.82) is 0 Å². The van der Waals surface area contributed by atoms with E-state index in [0.29, 0.717) is 23.0 Å². The van der Waals surface area contributed by atoms with E-state index >= 15 is 0 Å². The van der Waals surface area contributed by atoms with Crippen LogP contribution in [-0.2, 0) is 21.9 Å². The van der Waals surface area contributed by atoms with Gasteiger partial charge in [-0.25, -0.2) is 4.98 Å². The molecule has 1 fully saturated rings. The van der Waals surface area contributed by atoms with Gasteiger partial charge >= 0.3 is 0 Å². The van der Waals surface area contributed by atoms with E-state index in [1.54, 1.807) is 20.4 Å². The number of fused-ring (bicyclic) bond motifs is 1. The fourth-order valence-corrected chi connectivity index (χ4v) is 4.12. The lowest BCUT2D eigenvalue weighted by Gasteiger charge is -2.53. The highest BCUT2D eigenvalue weighted by molar-refractivity contribution is 7.80.